The Morgan fingerprint density at radius 1 is 1.10 bits per heavy atom. The van der Waals surface area contributed by atoms with Crippen LogP contribution >= 0.6 is 11.6 Å². The van der Waals surface area contributed by atoms with E-state index in [9.17, 15) is 13.6 Å². The van der Waals surface area contributed by atoms with Gasteiger partial charge in [-0.05, 0) is 35.9 Å². The highest BCUT2D eigenvalue weighted by molar-refractivity contribution is 6.30. The molecule has 1 aliphatic rings. The second-order valence-electron chi connectivity index (χ2n) is 6.81. The molecule has 0 aromatic heterocycles. The number of hydrogen-bond acceptors (Lipinski definition) is 4. The molecule has 0 spiro atoms. The Hall–Kier alpha value is -2.38. The predicted molar refractivity (Wildman–Crippen MR) is 107 cm³/mol. The van der Waals surface area contributed by atoms with Crippen molar-refractivity contribution in [3.63, 3.8) is 0 Å². The van der Waals surface area contributed by atoms with Gasteiger partial charge in [0.15, 0.2) is 0 Å². The summed E-state index contributed by atoms with van der Waals surface area (Å²) in [4.78, 5) is 16.6. The lowest BCUT2D eigenvalue weighted by Crippen LogP contribution is -2.48. The summed E-state index contributed by atoms with van der Waals surface area (Å²) in [5.41, 5.74) is 1.79. The molecule has 0 bridgehead atoms. The number of nitrogens with zero attached hydrogens (tertiary/aromatic N) is 2. The van der Waals surface area contributed by atoms with E-state index in [0.29, 0.717) is 24.7 Å². The molecule has 8 heteroatoms. The topological polar surface area (TPSA) is 42.0 Å². The largest absolute Gasteiger partial charge is 0.496 e. The van der Waals surface area contributed by atoms with Gasteiger partial charge < -0.3 is 14.4 Å². The van der Waals surface area contributed by atoms with Crippen molar-refractivity contribution in [3.05, 3.63) is 58.6 Å². The van der Waals surface area contributed by atoms with Gasteiger partial charge in [0.05, 0.1) is 13.5 Å². The van der Waals surface area contributed by atoms with Gasteiger partial charge in [-0.25, -0.2) is 0 Å². The Bertz CT molecular complexity index is 825. The fourth-order valence-corrected chi connectivity index (χ4v) is 3.54. The molecule has 3 rings (SSSR count). The minimum atomic E-state index is -2.86. The summed E-state index contributed by atoms with van der Waals surface area (Å²) in [7, 11) is 1.63. The van der Waals surface area contributed by atoms with Crippen molar-refractivity contribution in [2.24, 2.45) is 0 Å². The van der Waals surface area contributed by atoms with Crippen molar-refractivity contribution in [1.82, 2.24) is 9.80 Å². The summed E-state index contributed by atoms with van der Waals surface area (Å²) in [5, 5.41) is 0.666. The van der Waals surface area contributed by atoms with Crippen LogP contribution in [0.2, 0.25) is 5.02 Å². The van der Waals surface area contributed by atoms with Gasteiger partial charge in [-0.3, -0.25) is 9.69 Å². The first-order chi connectivity index (χ1) is 13.9. The Kier molecular flexibility index (Phi) is 7.28. The summed E-state index contributed by atoms with van der Waals surface area (Å²) < 4.78 is 34.1. The van der Waals surface area contributed by atoms with E-state index in [1.165, 1.54) is 12.1 Å². The van der Waals surface area contributed by atoms with Crippen molar-refractivity contribution < 1.29 is 23.0 Å². The van der Waals surface area contributed by atoms with E-state index in [0.717, 1.165) is 30.0 Å². The number of amides is 1. The highest BCUT2D eigenvalue weighted by atomic mass is 35.5. The van der Waals surface area contributed by atoms with Crippen molar-refractivity contribution in [1.29, 1.82) is 0 Å². The average Bonchev–Trinajstić information content (AvgIpc) is 2.70. The van der Waals surface area contributed by atoms with E-state index in [1.807, 2.05) is 17.0 Å². The summed E-state index contributed by atoms with van der Waals surface area (Å²) >= 11 is 6.10. The highest BCUT2D eigenvalue weighted by Crippen LogP contribution is 2.24. The van der Waals surface area contributed by atoms with Gasteiger partial charge in [-0.1, -0.05) is 23.7 Å². The zero-order chi connectivity index (χ0) is 20.8. The number of rotatable bonds is 7. The van der Waals surface area contributed by atoms with Crippen LogP contribution in [-0.2, 0) is 17.8 Å². The van der Waals surface area contributed by atoms with Crippen LogP contribution in [0.5, 0.6) is 11.5 Å². The molecule has 5 nitrogen and oxygen atoms in total. The van der Waals surface area contributed by atoms with Crippen LogP contribution in [0.1, 0.15) is 11.1 Å². The maximum atomic E-state index is 12.6. The van der Waals surface area contributed by atoms with Gasteiger partial charge in [-0.15, -0.1) is 0 Å². The fraction of sp³-hybridized carbons (Fsp3) is 0.381. The first-order valence-electron chi connectivity index (χ1n) is 9.31. The highest BCUT2D eigenvalue weighted by Gasteiger charge is 2.22. The Balaban J connectivity index is 1.50. The Morgan fingerprint density at radius 2 is 1.79 bits per heavy atom. The standard InChI is InChI=1S/C21H23ClF2N2O3/c1-28-19-7-4-17(22)13-16(19)14-25-8-10-26(11-9-25)20(27)12-15-2-5-18(6-3-15)29-21(23)24/h2-7,13,21H,8-12,14H2,1H3. The molecule has 29 heavy (non-hydrogen) atoms. The number of carbonyl (C=O) groups excluding carboxylic acids is 1. The third kappa shape index (κ3) is 6.05. The first kappa shape index (κ1) is 21.3. The van der Waals surface area contributed by atoms with Crippen LogP contribution in [0.3, 0.4) is 0 Å². The first-order valence-corrected chi connectivity index (χ1v) is 9.68. The molecular weight excluding hydrogens is 402 g/mol. The minimum absolute atomic E-state index is 0.0208. The van der Waals surface area contributed by atoms with Crippen molar-refractivity contribution in [3.8, 4) is 11.5 Å². The molecule has 1 fully saturated rings. The minimum Gasteiger partial charge on any atom is -0.496 e. The lowest BCUT2D eigenvalue weighted by atomic mass is 10.1. The van der Waals surface area contributed by atoms with Crippen LogP contribution < -0.4 is 9.47 Å². The number of halogens is 3. The second kappa shape index (κ2) is 9.89. The van der Waals surface area contributed by atoms with Crippen molar-refractivity contribution in [2.45, 2.75) is 19.6 Å². The van der Waals surface area contributed by atoms with E-state index in [4.69, 9.17) is 16.3 Å². The molecule has 1 heterocycles. The Labute approximate surface area is 173 Å². The van der Waals surface area contributed by atoms with Crippen LogP contribution in [0.4, 0.5) is 8.78 Å². The lowest BCUT2D eigenvalue weighted by Gasteiger charge is -2.35. The lowest BCUT2D eigenvalue weighted by molar-refractivity contribution is -0.132. The molecule has 1 amide bonds. The van der Waals surface area contributed by atoms with Crippen molar-refractivity contribution in [2.75, 3.05) is 33.3 Å². The molecule has 2 aromatic rings. The molecular formula is C21H23ClF2N2O3. The summed E-state index contributed by atoms with van der Waals surface area (Å²) in [6.07, 6.45) is 0.233. The van der Waals surface area contributed by atoms with Crippen LogP contribution in [0.15, 0.2) is 42.5 Å². The van der Waals surface area contributed by atoms with E-state index >= 15 is 0 Å². The third-order valence-electron chi connectivity index (χ3n) is 4.87. The zero-order valence-electron chi connectivity index (χ0n) is 16.1. The van der Waals surface area contributed by atoms with Gasteiger partial charge in [0, 0.05) is 43.3 Å². The molecule has 1 aliphatic heterocycles. The monoisotopic (exact) mass is 424 g/mol. The smallest absolute Gasteiger partial charge is 0.387 e. The summed E-state index contributed by atoms with van der Waals surface area (Å²) in [5.74, 6) is 0.904. The van der Waals surface area contributed by atoms with Crippen molar-refractivity contribution >= 4 is 17.5 Å². The summed E-state index contributed by atoms with van der Waals surface area (Å²) in [6, 6.07) is 11.7. The predicted octanol–water partition coefficient (Wildman–Crippen LogP) is 3.84. The van der Waals surface area contributed by atoms with Crippen LogP contribution in [0, 0.1) is 0 Å². The maximum Gasteiger partial charge on any atom is 0.387 e. The molecule has 0 saturated carbocycles. The molecule has 1 saturated heterocycles. The van der Waals surface area contributed by atoms with E-state index in [1.54, 1.807) is 25.3 Å². The van der Waals surface area contributed by atoms with Gasteiger partial charge >= 0.3 is 6.61 Å². The maximum absolute atomic E-state index is 12.6. The molecule has 0 radical (unpaired) electrons. The average molecular weight is 425 g/mol. The summed E-state index contributed by atoms with van der Waals surface area (Å²) in [6.45, 7) is 0.621. The van der Waals surface area contributed by atoms with Gasteiger partial charge in [0.2, 0.25) is 5.91 Å². The SMILES string of the molecule is COc1ccc(Cl)cc1CN1CCN(C(=O)Cc2ccc(OC(F)F)cc2)CC1. The van der Waals surface area contributed by atoms with Gasteiger partial charge in [-0.2, -0.15) is 8.78 Å². The zero-order valence-corrected chi connectivity index (χ0v) is 16.9. The molecule has 0 atom stereocenters. The number of alkyl halides is 2. The third-order valence-corrected chi connectivity index (χ3v) is 5.10. The molecule has 156 valence electrons. The van der Waals surface area contributed by atoms with E-state index in [2.05, 4.69) is 9.64 Å². The number of methoxy groups -OCH3 is 1. The molecule has 0 N–H and O–H groups in total. The quantitative estimate of drug-likeness (QED) is 0.677. The Morgan fingerprint density at radius 3 is 2.41 bits per heavy atom. The van der Waals surface area contributed by atoms with Crippen LogP contribution in [0.25, 0.3) is 0 Å². The van der Waals surface area contributed by atoms with E-state index < -0.39 is 6.61 Å². The molecule has 2 aromatic carbocycles. The van der Waals surface area contributed by atoms with E-state index in [-0.39, 0.29) is 18.1 Å². The second-order valence-corrected chi connectivity index (χ2v) is 7.25. The molecule has 0 aliphatic carbocycles. The van der Waals surface area contributed by atoms with Gasteiger partial charge in [0.1, 0.15) is 11.5 Å². The fourth-order valence-electron chi connectivity index (χ4n) is 3.34. The number of carbonyl (C=O) groups is 1. The molecule has 0 unspecified atom stereocenters. The number of benzene rings is 2. The van der Waals surface area contributed by atoms with Crippen LogP contribution in [-0.4, -0.2) is 55.6 Å². The van der Waals surface area contributed by atoms with Gasteiger partial charge in [0.25, 0.3) is 0 Å². The number of piperazine rings is 1. The number of ether oxygens (including phenoxy) is 2. The number of hydrogen-bond donors (Lipinski definition) is 0. The normalized spacial score (nSPS) is 14.9.